The van der Waals surface area contributed by atoms with E-state index in [1.54, 1.807) is 0 Å². The van der Waals surface area contributed by atoms with Crippen molar-refractivity contribution >= 4 is 17.9 Å². The van der Waals surface area contributed by atoms with E-state index in [1.165, 1.54) is 154 Å². The van der Waals surface area contributed by atoms with Gasteiger partial charge in [0.15, 0.2) is 6.10 Å². The van der Waals surface area contributed by atoms with Gasteiger partial charge in [-0.25, -0.2) is 0 Å². The third-order valence-corrected chi connectivity index (χ3v) is 11.5. The van der Waals surface area contributed by atoms with E-state index in [0.717, 1.165) is 64.2 Å². The Bertz CT molecular complexity index is 1150. The molecule has 0 aromatic heterocycles. The van der Waals surface area contributed by atoms with Crippen LogP contribution in [0.3, 0.4) is 0 Å². The third-order valence-electron chi connectivity index (χ3n) is 11.5. The lowest BCUT2D eigenvalue weighted by molar-refractivity contribution is -0.167. The third kappa shape index (κ3) is 50.0. The molecule has 0 aliphatic heterocycles. The minimum absolute atomic E-state index is 0.0914. The van der Waals surface area contributed by atoms with E-state index in [2.05, 4.69) is 81.5 Å². The number of hydrogen-bond donors (Lipinski definition) is 0. The number of ether oxygens (including phenoxy) is 3. The lowest BCUT2D eigenvalue weighted by atomic mass is 10.0. The van der Waals surface area contributed by atoms with Crippen molar-refractivity contribution < 1.29 is 28.6 Å². The summed E-state index contributed by atoms with van der Waals surface area (Å²) in [5, 5.41) is 0. The van der Waals surface area contributed by atoms with Crippen molar-refractivity contribution in [3.8, 4) is 0 Å². The zero-order valence-corrected chi connectivity index (χ0v) is 41.6. The quantitative estimate of drug-likeness (QED) is 0.0262. The Kier molecular flexibility index (Phi) is 49.4. The number of carbonyl (C=O) groups is 3. The Labute approximate surface area is 390 Å². The van der Waals surface area contributed by atoms with Crippen molar-refractivity contribution in [3.63, 3.8) is 0 Å². The zero-order chi connectivity index (χ0) is 45.8. The van der Waals surface area contributed by atoms with E-state index < -0.39 is 6.10 Å². The highest BCUT2D eigenvalue weighted by atomic mass is 16.6. The zero-order valence-electron chi connectivity index (χ0n) is 41.6. The Hall–Kier alpha value is -2.89. The number of allylic oxidation sites excluding steroid dienone is 10. The van der Waals surface area contributed by atoms with E-state index in [1.807, 2.05) is 0 Å². The SMILES string of the molecule is CCCCCC=CCC=CCC=CCC=CCCCC(=O)OCC(COC(=O)CCCCCCCCCC=CCCCCCC)OC(=O)CCCCCCCCCCCCCCC. The molecule has 0 heterocycles. The predicted molar refractivity (Wildman–Crippen MR) is 270 cm³/mol. The van der Waals surface area contributed by atoms with Crippen molar-refractivity contribution in [1.82, 2.24) is 0 Å². The average Bonchev–Trinajstić information content (AvgIpc) is 3.28. The topological polar surface area (TPSA) is 78.9 Å². The lowest BCUT2D eigenvalue weighted by Crippen LogP contribution is -2.30. The summed E-state index contributed by atoms with van der Waals surface area (Å²) in [5.41, 5.74) is 0. The van der Waals surface area contributed by atoms with Gasteiger partial charge in [-0.3, -0.25) is 14.4 Å². The predicted octanol–water partition coefficient (Wildman–Crippen LogP) is 17.6. The monoisotopic (exact) mass is 881 g/mol. The number of unbranched alkanes of at least 4 members (excludes halogenated alkanes) is 27. The normalized spacial score (nSPS) is 12.5. The van der Waals surface area contributed by atoms with Crippen LogP contribution < -0.4 is 0 Å². The van der Waals surface area contributed by atoms with E-state index >= 15 is 0 Å². The smallest absolute Gasteiger partial charge is 0.306 e. The van der Waals surface area contributed by atoms with Crippen LogP contribution in [-0.4, -0.2) is 37.2 Å². The molecule has 0 saturated carbocycles. The van der Waals surface area contributed by atoms with Gasteiger partial charge in [0.1, 0.15) is 13.2 Å². The number of rotatable bonds is 48. The molecule has 6 nitrogen and oxygen atoms in total. The molecule has 0 amide bonds. The highest BCUT2D eigenvalue weighted by molar-refractivity contribution is 5.71. The summed E-state index contributed by atoms with van der Waals surface area (Å²) in [6.07, 6.45) is 63.5. The van der Waals surface area contributed by atoms with Crippen LogP contribution in [-0.2, 0) is 28.6 Å². The largest absolute Gasteiger partial charge is 0.462 e. The van der Waals surface area contributed by atoms with Gasteiger partial charge in [-0.15, -0.1) is 0 Å². The highest BCUT2D eigenvalue weighted by Gasteiger charge is 2.19. The van der Waals surface area contributed by atoms with Crippen LogP contribution >= 0.6 is 0 Å². The standard InChI is InChI=1S/C57H100O6/c1-4-7-10-13-16-19-22-25-27-28-30-33-35-38-41-44-47-50-56(59)62-53-54(63-57(60)51-48-45-42-39-36-31-24-21-18-15-12-9-6-3)52-61-55(58)49-46-43-40-37-34-32-29-26-23-20-17-14-11-8-5-2/h16,19-20,23,25,27,30,33,38,41,54H,4-15,17-18,21-22,24,26,28-29,31-32,34-37,39-40,42-53H2,1-3H3. The molecular formula is C57H100O6. The highest BCUT2D eigenvalue weighted by Crippen LogP contribution is 2.15. The van der Waals surface area contributed by atoms with Crippen molar-refractivity contribution in [2.45, 2.75) is 271 Å². The van der Waals surface area contributed by atoms with Crippen molar-refractivity contribution in [1.29, 1.82) is 0 Å². The Morgan fingerprint density at radius 1 is 0.317 bits per heavy atom. The fourth-order valence-corrected chi connectivity index (χ4v) is 7.43. The molecule has 0 aliphatic carbocycles. The Balaban J connectivity index is 4.45. The fourth-order valence-electron chi connectivity index (χ4n) is 7.43. The molecule has 0 aromatic rings. The van der Waals surface area contributed by atoms with E-state index in [9.17, 15) is 14.4 Å². The van der Waals surface area contributed by atoms with Gasteiger partial charge in [0, 0.05) is 19.3 Å². The van der Waals surface area contributed by atoms with E-state index in [4.69, 9.17) is 14.2 Å². The van der Waals surface area contributed by atoms with Gasteiger partial charge < -0.3 is 14.2 Å². The maximum Gasteiger partial charge on any atom is 0.306 e. The molecular weight excluding hydrogens is 781 g/mol. The molecule has 0 aromatic carbocycles. The molecule has 0 fully saturated rings. The first-order valence-corrected chi connectivity index (χ1v) is 26.8. The molecule has 0 N–H and O–H groups in total. The molecule has 0 rings (SSSR count). The van der Waals surface area contributed by atoms with Crippen LogP contribution in [0, 0.1) is 0 Å². The second-order valence-corrected chi connectivity index (χ2v) is 17.8. The molecule has 1 atom stereocenters. The molecule has 63 heavy (non-hydrogen) atoms. The van der Waals surface area contributed by atoms with Crippen LogP contribution in [0.4, 0.5) is 0 Å². The second-order valence-electron chi connectivity index (χ2n) is 17.8. The van der Waals surface area contributed by atoms with Gasteiger partial charge in [-0.1, -0.05) is 223 Å². The molecule has 6 heteroatoms. The van der Waals surface area contributed by atoms with Crippen molar-refractivity contribution in [2.24, 2.45) is 0 Å². The first kappa shape index (κ1) is 60.1. The summed E-state index contributed by atoms with van der Waals surface area (Å²) in [4.78, 5) is 38.0. The summed E-state index contributed by atoms with van der Waals surface area (Å²) < 4.78 is 16.8. The molecule has 1 unspecified atom stereocenters. The van der Waals surface area contributed by atoms with E-state index in [0.29, 0.717) is 19.3 Å². The van der Waals surface area contributed by atoms with Gasteiger partial charge in [-0.2, -0.15) is 0 Å². The van der Waals surface area contributed by atoms with Gasteiger partial charge in [-0.05, 0) is 83.5 Å². The van der Waals surface area contributed by atoms with Crippen molar-refractivity contribution in [2.75, 3.05) is 13.2 Å². The van der Waals surface area contributed by atoms with Gasteiger partial charge in [0.2, 0.25) is 0 Å². The fraction of sp³-hybridized carbons (Fsp3) is 0.772. The van der Waals surface area contributed by atoms with Crippen LogP contribution in [0.5, 0.6) is 0 Å². The summed E-state index contributed by atoms with van der Waals surface area (Å²) >= 11 is 0. The molecule has 364 valence electrons. The van der Waals surface area contributed by atoms with E-state index in [-0.39, 0.29) is 37.5 Å². The van der Waals surface area contributed by atoms with Crippen LogP contribution in [0.25, 0.3) is 0 Å². The van der Waals surface area contributed by atoms with Crippen LogP contribution in [0.15, 0.2) is 60.8 Å². The minimum atomic E-state index is -0.795. The molecule has 0 bridgehead atoms. The summed E-state index contributed by atoms with van der Waals surface area (Å²) in [6.45, 7) is 6.56. The van der Waals surface area contributed by atoms with Crippen molar-refractivity contribution in [3.05, 3.63) is 60.8 Å². The molecule has 0 radical (unpaired) electrons. The Morgan fingerprint density at radius 3 is 1.02 bits per heavy atom. The number of hydrogen-bond acceptors (Lipinski definition) is 6. The average molecular weight is 881 g/mol. The summed E-state index contributed by atoms with van der Waals surface area (Å²) in [5.74, 6) is -0.947. The lowest BCUT2D eigenvalue weighted by Gasteiger charge is -2.18. The molecule has 0 spiro atoms. The Morgan fingerprint density at radius 2 is 0.587 bits per heavy atom. The molecule has 0 saturated heterocycles. The second kappa shape index (κ2) is 51.7. The van der Waals surface area contributed by atoms with Crippen LogP contribution in [0.2, 0.25) is 0 Å². The number of carbonyl (C=O) groups excluding carboxylic acids is 3. The first-order chi connectivity index (χ1) is 31.0. The number of esters is 3. The molecule has 0 aliphatic rings. The van der Waals surface area contributed by atoms with Gasteiger partial charge in [0.25, 0.3) is 0 Å². The summed E-state index contributed by atoms with van der Waals surface area (Å²) in [7, 11) is 0. The van der Waals surface area contributed by atoms with Gasteiger partial charge >= 0.3 is 17.9 Å². The maximum absolute atomic E-state index is 12.8. The first-order valence-electron chi connectivity index (χ1n) is 26.8. The maximum atomic E-state index is 12.8. The minimum Gasteiger partial charge on any atom is -0.462 e. The summed E-state index contributed by atoms with van der Waals surface area (Å²) in [6, 6.07) is 0. The van der Waals surface area contributed by atoms with Crippen LogP contribution in [0.1, 0.15) is 265 Å². The van der Waals surface area contributed by atoms with Gasteiger partial charge in [0.05, 0.1) is 0 Å².